The van der Waals surface area contributed by atoms with Gasteiger partial charge in [-0.05, 0) is 61.4 Å². The lowest BCUT2D eigenvalue weighted by atomic mass is 9.89. The van der Waals surface area contributed by atoms with Crippen LogP contribution in [0.2, 0.25) is 5.02 Å². The number of nitrogens with one attached hydrogen (secondary N) is 1. The van der Waals surface area contributed by atoms with E-state index in [9.17, 15) is 14.0 Å². The number of esters is 1. The summed E-state index contributed by atoms with van der Waals surface area (Å²) < 4.78 is 18.6. The van der Waals surface area contributed by atoms with E-state index in [-0.39, 0.29) is 16.6 Å². The zero-order valence-electron chi connectivity index (χ0n) is 15.1. The van der Waals surface area contributed by atoms with Gasteiger partial charge in [0.1, 0.15) is 11.4 Å². The number of benzene rings is 2. The molecule has 2 aromatic rings. The molecule has 0 heterocycles. The van der Waals surface area contributed by atoms with Crippen molar-refractivity contribution in [1.29, 1.82) is 0 Å². The average molecular weight is 390 g/mol. The lowest BCUT2D eigenvalue weighted by Gasteiger charge is -2.20. The van der Waals surface area contributed by atoms with Gasteiger partial charge in [0, 0.05) is 0 Å². The third-order valence-corrected chi connectivity index (χ3v) is 5.07. The summed E-state index contributed by atoms with van der Waals surface area (Å²) in [6.07, 6.45) is 4.57. The molecule has 1 amide bonds. The molecule has 0 bridgehead atoms. The van der Waals surface area contributed by atoms with E-state index in [2.05, 4.69) is 17.4 Å². The summed E-state index contributed by atoms with van der Waals surface area (Å²) in [6.45, 7) is 1.37. The molecule has 1 atom stereocenters. The Bertz CT molecular complexity index is 848. The number of ether oxygens (including phenoxy) is 1. The average Bonchev–Trinajstić information content (AvgIpc) is 2.65. The second-order valence-electron chi connectivity index (χ2n) is 6.70. The Morgan fingerprint density at radius 3 is 2.67 bits per heavy atom. The van der Waals surface area contributed by atoms with Crippen LogP contribution in [-0.2, 0) is 22.4 Å². The Morgan fingerprint density at radius 2 is 1.93 bits per heavy atom. The van der Waals surface area contributed by atoms with Crippen LogP contribution in [-0.4, -0.2) is 18.5 Å². The van der Waals surface area contributed by atoms with E-state index in [4.69, 9.17) is 16.3 Å². The quantitative estimate of drug-likeness (QED) is 0.771. The number of rotatable bonds is 5. The number of fused-ring (bicyclic) bond motifs is 1. The van der Waals surface area contributed by atoms with Crippen molar-refractivity contribution in [2.45, 2.75) is 38.6 Å². The maximum absolute atomic E-state index is 13.7. The van der Waals surface area contributed by atoms with Crippen molar-refractivity contribution in [1.82, 2.24) is 5.32 Å². The van der Waals surface area contributed by atoms with Gasteiger partial charge in [0.15, 0.2) is 6.61 Å². The summed E-state index contributed by atoms with van der Waals surface area (Å²) >= 11 is 5.82. The highest BCUT2D eigenvalue weighted by Crippen LogP contribution is 2.25. The Hall–Kier alpha value is -2.40. The van der Waals surface area contributed by atoms with Gasteiger partial charge in [0.25, 0.3) is 5.91 Å². The molecule has 0 fully saturated rings. The zero-order valence-corrected chi connectivity index (χ0v) is 15.8. The molecule has 1 N–H and O–H groups in total. The smallest absolute Gasteiger partial charge is 0.343 e. The van der Waals surface area contributed by atoms with Gasteiger partial charge in [-0.1, -0.05) is 35.9 Å². The maximum atomic E-state index is 13.7. The van der Waals surface area contributed by atoms with E-state index in [1.165, 1.54) is 36.1 Å². The van der Waals surface area contributed by atoms with Crippen LogP contribution < -0.4 is 5.32 Å². The topological polar surface area (TPSA) is 55.4 Å². The van der Waals surface area contributed by atoms with Crippen LogP contribution >= 0.6 is 11.6 Å². The molecule has 1 unspecified atom stereocenters. The minimum Gasteiger partial charge on any atom is -0.452 e. The minimum atomic E-state index is -0.963. The molecular weight excluding hydrogens is 369 g/mol. The van der Waals surface area contributed by atoms with Gasteiger partial charge in [0.05, 0.1) is 11.1 Å². The monoisotopic (exact) mass is 389 g/mol. The van der Waals surface area contributed by atoms with Crippen molar-refractivity contribution in [3.63, 3.8) is 0 Å². The van der Waals surface area contributed by atoms with Crippen molar-refractivity contribution >= 4 is 23.5 Å². The van der Waals surface area contributed by atoms with Gasteiger partial charge in [-0.3, -0.25) is 4.79 Å². The first kappa shape index (κ1) is 19.4. The predicted octanol–water partition coefficient (Wildman–Crippen LogP) is 4.39. The third kappa shape index (κ3) is 4.66. The second-order valence-corrected chi connectivity index (χ2v) is 7.10. The first-order valence-electron chi connectivity index (χ1n) is 8.98. The molecule has 4 nitrogen and oxygen atoms in total. The van der Waals surface area contributed by atoms with Crippen molar-refractivity contribution < 1.29 is 18.7 Å². The van der Waals surface area contributed by atoms with E-state index < -0.39 is 24.3 Å². The van der Waals surface area contributed by atoms with Gasteiger partial charge in [-0.25, -0.2) is 9.18 Å². The van der Waals surface area contributed by atoms with Gasteiger partial charge < -0.3 is 10.1 Å². The highest BCUT2D eigenvalue weighted by atomic mass is 35.5. The van der Waals surface area contributed by atoms with Gasteiger partial charge in [0.2, 0.25) is 0 Å². The minimum absolute atomic E-state index is 0.0529. The van der Waals surface area contributed by atoms with Crippen LogP contribution in [0.1, 0.15) is 52.9 Å². The molecule has 0 aliphatic heterocycles. The fourth-order valence-corrected chi connectivity index (χ4v) is 3.53. The number of hydrogen-bond donors (Lipinski definition) is 1. The number of hydrogen-bond acceptors (Lipinski definition) is 3. The SMILES string of the molecule is CC(NC(=O)COC(=O)c1c(F)cccc1Cl)c1ccc2c(c1)CCCC2. The summed E-state index contributed by atoms with van der Waals surface area (Å²) in [7, 11) is 0. The first-order chi connectivity index (χ1) is 13.0. The molecule has 1 aliphatic rings. The largest absolute Gasteiger partial charge is 0.452 e. The van der Waals surface area contributed by atoms with Gasteiger partial charge in [-0.15, -0.1) is 0 Å². The van der Waals surface area contributed by atoms with E-state index in [0.29, 0.717) is 0 Å². The summed E-state index contributed by atoms with van der Waals surface area (Å²) in [5.41, 5.74) is 3.35. The normalized spacial score (nSPS) is 14.2. The van der Waals surface area contributed by atoms with Crippen molar-refractivity contribution in [3.8, 4) is 0 Å². The lowest BCUT2D eigenvalue weighted by Crippen LogP contribution is -2.31. The van der Waals surface area contributed by atoms with Crippen LogP contribution in [0, 0.1) is 5.82 Å². The van der Waals surface area contributed by atoms with E-state index in [1.54, 1.807) is 0 Å². The molecule has 0 radical (unpaired) electrons. The van der Waals surface area contributed by atoms with Crippen molar-refractivity contribution in [2.24, 2.45) is 0 Å². The van der Waals surface area contributed by atoms with E-state index in [0.717, 1.165) is 24.5 Å². The summed E-state index contributed by atoms with van der Waals surface area (Å²) in [4.78, 5) is 24.1. The Morgan fingerprint density at radius 1 is 1.19 bits per heavy atom. The molecular formula is C21H21ClFNO3. The zero-order chi connectivity index (χ0) is 19.4. The molecule has 3 rings (SSSR count). The second kappa shape index (κ2) is 8.53. The van der Waals surface area contributed by atoms with Crippen molar-refractivity contribution in [3.05, 3.63) is 69.5 Å². The molecule has 142 valence electrons. The molecule has 1 aliphatic carbocycles. The number of carbonyl (C=O) groups is 2. The number of carbonyl (C=O) groups excluding carboxylic acids is 2. The van der Waals surface area contributed by atoms with E-state index >= 15 is 0 Å². The molecule has 0 aromatic heterocycles. The fourth-order valence-electron chi connectivity index (χ4n) is 3.29. The standard InChI is InChI=1S/C21H21ClFNO3/c1-13(15-10-9-14-5-2-3-6-16(14)11-15)24-19(25)12-27-21(26)20-17(22)7-4-8-18(20)23/h4,7-11,13H,2-3,5-6,12H2,1H3,(H,24,25). The van der Waals surface area contributed by atoms with E-state index in [1.807, 2.05) is 13.0 Å². The lowest BCUT2D eigenvalue weighted by molar-refractivity contribution is -0.124. The Balaban J connectivity index is 1.57. The summed E-state index contributed by atoms with van der Waals surface area (Å²) in [5, 5.41) is 2.74. The van der Waals surface area contributed by atoms with Crippen LogP contribution in [0.25, 0.3) is 0 Å². The Labute approximate surface area is 162 Å². The number of amides is 1. The highest BCUT2D eigenvalue weighted by molar-refractivity contribution is 6.33. The number of aryl methyl sites for hydroxylation is 2. The fraction of sp³-hybridized carbons (Fsp3) is 0.333. The molecule has 27 heavy (non-hydrogen) atoms. The molecule has 0 spiro atoms. The van der Waals surface area contributed by atoms with Crippen LogP contribution in [0.3, 0.4) is 0 Å². The first-order valence-corrected chi connectivity index (χ1v) is 9.35. The summed E-state index contributed by atoms with van der Waals surface area (Å²) in [6, 6.07) is 9.93. The number of halogens is 2. The maximum Gasteiger partial charge on any atom is 0.343 e. The van der Waals surface area contributed by atoms with Gasteiger partial charge in [-0.2, -0.15) is 0 Å². The van der Waals surface area contributed by atoms with Crippen LogP contribution in [0.15, 0.2) is 36.4 Å². The summed E-state index contributed by atoms with van der Waals surface area (Å²) in [5.74, 6) is -2.20. The van der Waals surface area contributed by atoms with Crippen LogP contribution in [0.4, 0.5) is 4.39 Å². The molecule has 0 saturated carbocycles. The molecule has 0 saturated heterocycles. The van der Waals surface area contributed by atoms with Crippen molar-refractivity contribution in [2.75, 3.05) is 6.61 Å². The molecule has 2 aromatic carbocycles. The van der Waals surface area contributed by atoms with Gasteiger partial charge >= 0.3 is 5.97 Å². The molecule has 6 heteroatoms. The predicted molar refractivity (Wildman–Crippen MR) is 101 cm³/mol. The highest BCUT2D eigenvalue weighted by Gasteiger charge is 2.19. The van der Waals surface area contributed by atoms with Crippen LogP contribution in [0.5, 0.6) is 0 Å². The third-order valence-electron chi connectivity index (χ3n) is 4.75. The Kier molecular flexibility index (Phi) is 6.11.